The molecule has 0 atom stereocenters. The van der Waals surface area contributed by atoms with Crippen LogP contribution in [-0.4, -0.2) is 24.7 Å². The molecule has 0 spiro atoms. The third kappa shape index (κ3) is 3.32. The van der Waals surface area contributed by atoms with Crippen LogP contribution in [0.25, 0.3) is 10.2 Å². The van der Waals surface area contributed by atoms with E-state index in [0.717, 1.165) is 10.2 Å². The van der Waals surface area contributed by atoms with Crippen molar-refractivity contribution in [1.82, 2.24) is 4.57 Å². The highest BCUT2D eigenvalue weighted by atomic mass is 35.5. The van der Waals surface area contributed by atoms with Gasteiger partial charge in [-0.15, -0.1) is 0 Å². The average Bonchev–Trinajstić information content (AvgIpc) is 3.00. The lowest BCUT2D eigenvalue weighted by Crippen LogP contribution is -2.16. The number of nitrogens with zero attached hydrogens (tertiary/aromatic N) is 2. The summed E-state index contributed by atoms with van der Waals surface area (Å²) in [5.74, 6) is 0.931. The Morgan fingerprint density at radius 2 is 1.85 bits per heavy atom. The SMILES string of the molecule is CCn1c(=NC(=O)c2cc(Cl)ccc2Cl)sc2c(OC)ccc(OC)c21. The van der Waals surface area contributed by atoms with Crippen molar-refractivity contribution in [3.8, 4) is 11.5 Å². The Balaban J connectivity index is 2.26. The number of aromatic nitrogens is 1. The molecule has 8 heteroatoms. The average molecular weight is 411 g/mol. The Bertz CT molecular complexity index is 1060. The number of thiazole rings is 1. The van der Waals surface area contributed by atoms with E-state index in [2.05, 4.69) is 4.99 Å². The summed E-state index contributed by atoms with van der Waals surface area (Å²) < 4.78 is 13.7. The van der Waals surface area contributed by atoms with Crippen LogP contribution in [0.1, 0.15) is 17.3 Å². The Morgan fingerprint density at radius 3 is 2.50 bits per heavy atom. The van der Waals surface area contributed by atoms with Crippen LogP contribution < -0.4 is 14.3 Å². The monoisotopic (exact) mass is 410 g/mol. The highest BCUT2D eigenvalue weighted by molar-refractivity contribution is 7.16. The third-order valence-electron chi connectivity index (χ3n) is 3.86. The number of fused-ring (bicyclic) bond motifs is 1. The highest BCUT2D eigenvalue weighted by Crippen LogP contribution is 2.35. The second-order valence-corrected chi connectivity index (χ2v) is 7.14. The van der Waals surface area contributed by atoms with Gasteiger partial charge in [-0.05, 0) is 37.3 Å². The summed E-state index contributed by atoms with van der Waals surface area (Å²) in [6.45, 7) is 2.58. The number of halogens is 2. The molecular weight excluding hydrogens is 395 g/mol. The van der Waals surface area contributed by atoms with Crippen molar-refractivity contribution in [2.45, 2.75) is 13.5 Å². The Labute approximate surface area is 164 Å². The predicted molar refractivity (Wildman–Crippen MR) is 105 cm³/mol. The number of ether oxygens (including phenoxy) is 2. The molecule has 1 amide bonds. The maximum Gasteiger partial charge on any atom is 0.281 e. The first-order valence-corrected chi connectivity index (χ1v) is 9.35. The molecular formula is C18H16Cl2N2O3S. The van der Waals surface area contributed by atoms with Crippen molar-refractivity contribution < 1.29 is 14.3 Å². The summed E-state index contributed by atoms with van der Waals surface area (Å²) in [7, 11) is 3.21. The van der Waals surface area contributed by atoms with Crippen molar-refractivity contribution in [1.29, 1.82) is 0 Å². The molecule has 0 bridgehead atoms. The molecule has 0 aliphatic rings. The molecule has 3 aromatic rings. The zero-order valence-corrected chi connectivity index (χ0v) is 16.7. The first kappa shape index (κ1) is 18.8. The van der Waals surface area contributed by atoms with Crippen LogP contribution in [0.15, 0.2) is 35.3 Å². The number of amides is 1. The van der Waals surface area contributed by atoms with Gasteiger partial charge >= 0.3 is 0 Å². The molecule has 0 N–H and O–H groups in total. The van der Waals surface area contributed by atoms with E-state index in [1.807, 2.05) is 23.6 Å². The lowest BCUT2D eigenvalue weighted by Gasteiger charge is -2.08. The Morgan fingerprint density at radius 1 is 1.15 bits per heavy atom. The molecule has 3 rings (SSSR count). The number of rotatable bonds is 4. The molecule has 0 aliphatic heterocycles. The van der Waals surface area contributed by atoms with Crippen molar-refractivity contribution in [2.24, 2.45) is 4.99 Å². The van der Waals surface area contributed by atoms with Crippen LogP contribution in [0.2, 0.25) is 10.0 Å². The van der Waals surface area contributed by atoms with Crippen LogP contribution in [-0.2, 0) is 6.54 Å². The van der Waals surface area contributed by atoms with Crippen molar-refractivity contribution >= 4 is 50.7 Å². The molecule has 0 unspecified atom stereocenters. The number of carbonyl (C=O) groups excluding carboxylic acids is 1. The van der Waals surface area contributed by atoms with Gasteiger partial charge in [0.15, 0.2) is 4.80 Å². The van der Waals surface area contributed by atoms with Gasteiger partial charge in [0.05, 0.1) is 24.8 Å². The maximum atomic E-state index is 12.7. The van der Waals surface area contributed by atoms with Gasteiger partial charge in [-0.25, -0.2) is 0 Å². The molecule has 0 aliphatic carbocycles. The molecule has 5 nitrogen and oxygen atoms in total. The van der Waals surface area contributed by atoms with Crippen molar-refractivity contribution in [3.05, 3.63) is 50.7 Å². The second-order valence-electron chi connectivity index (χ2n) is 5.32. The zero-order chi connectivity index (χ0) is 18.8. The summed E-state index contributed by atoms with van der Waals surface area (Å²) in [6.07, 6.45) is 0. The van der Waals surface area contributed by atoms with Gasteiger partial charge in [0.25, 0.3) is 5.91 Å². The van der Waals surface area contributed by atoms with Gasteiger partial charge in [0.1, 0.15) is 21.7 Å². The van der Waals surface area contributed by atoms with Gasteiger partial charge in [-0.2, -0.15) is 4.99 Å². The van der Waals surface area contributed by atoms with Gasteiger partial charge in [0, 0.05) is 11.6 Å². The molecule has 1 aromatic heterocycles. The number of hydrogen-bond acceptors (Lipinski definition) is 4. The smallest absolute Gasteiger partial charge is 0.281 e. The van der Waals surface area contributed by atoms with E-state index in [9.17, 15) is 4.79 Å². The number of methoxy groups -OCH3 is 2. The second kappa shape index (κ2) is 7.70. The van der Waals surface area contributed by atoms with Gasteiger partial charge < -0.3 is 14.0 Å². The van der Waals surface area contributed by atoms with Gasteiger partial charge in [-0.1, -0.05) is 34.5 Å². The van der Waals surface area contributed by atoms with E-state index < -0.39 is 5.91 Å². The molecule has 2 aromatic carbocycles. The van der Waals surface area contributed by atoms with E-state index in [4.69, 9.17) is 32.7 Å². The van der Waals surface area contributed by atoms with Crippen LogP contribution in [0.3, 0.4) is 0 Å². The summed E-state index contributed by atoms with van der Waals surface area (Å²) in [5, 5.41) is 0.735. The minimum atomic E-state index is -0.454. The van der Waals surface area contributed by atoms with E-state index >= 15 is 0 Å². The number of carbonyl (C=O) groups is 1. The summed E-state index contributed by atoms with van der Waals surface area (Å²) in [5.41, 5.74) is 1.10. The van der Waals surface area contributed by atoms with Crippen molar-refractivity contribution in [2.75, 3.05) is 14.2 Å². The fourth-order valence-corrected chi connectivity index (χ4v) is 4.21. The predicted octanol–water partition coefficient (Wildman–Crippen LogP) is 4.79. The Kier molecular flexibility index (Phi) is 5.55. The fraction of sp³-hybridized carbons (Fsp3) is 0.222. The first-order chi connectivity index (χ1) is 12.5. The molecule has 0 radical (unpaired) electrons. The lowest BCUT2D eigenvalue weighted by atomic mass is 10.2. The van der Waals surface area contributed by atoms with Gasteiger partial charge in [-0.3, -0.25) is 4.79 Å². The zero-order valence-electron chi connectivity index (χ0n) is 14.4. The lowest BCUT2D eigenvalue weighted by molar-refractivity contribution is 0.0998. The minimum absolute atomic E-state index is 0.262. The summed E-state index contributed by atoms with van der Waals surface area (Å²) in [4.78, 5) is 17.5. The van der Waals surface area contributed by atoms with Crippen LogP contribution >= 0.6 is 34.5 Å². The molecule has 0 saturated heterocycles. The number of benzene rings is 2. The molecule has 26 heavy (non-hydrogen) atoms. The third-order valence-corrected chi connectivity index (χ3v) is 5.52. The van der Waals surface area contributed by atoms with Crippen molar-refractivity contribution in [3.63, 3.8) is 0 Å². The summed E-state index contributed by atoms with van der Waals surface area (Å²) >= 11 is 13.5. The highest BCUT2D eigenvalue weighted by Gasteiger charge is 2.17. The van der Waals surface area contributed by atoms with Crippen LogP contribution in [0.5, 0.6) is 11.5 Å². The maximum absolute atomic E-state index is 12.7. The minimum Gasteiger partial charge on any atom is -0.495 e. The number of hydrogen-bond donors (Lipinski definition) is 0. The van der Waals surface area contributed by atoms with Gasteiger partial charge in [0.2, 0.25) is 0 Å². The quantitative estimate of drug-likeness (QED) is 0.621. The number of aryl methyl sites for hydroxylation is 1. The standard InChI is InChI=1S/C18H16Cl2N2O3S/c1-4-22-15-13(24-2)7-8-14(25-3)16(15)26-18(22)21-17(23)11-9-10(19)5-6-12(11)20/h5-9H,4H2,1-3H3. The first-order valence-electron chi connectivity index (χ1n) is 7.78. The van der Waals surface area contributed by atoms with E-state index in [-0.39, 0.29) is 5.56 Å². The topological polar surface area (TPSA) is 52.8 Å². The molecule has 136 valence electrons. The van der Waals surface area contributed by atoms with E-state index in [0.29, 0.717) is 32.9 Å². The van der Waals surface area contributed by atoms with E-state index in [1.165, 1.54) is 17.4 Å². The summed E-state index contributed by atoms with van der Waals surface area (Å²) in [6, 6.07) is 8.39. The Hall–Kier alpha value is -2.02. The van der Waals surface area contributed by atoms with Crippen LogP contribution in [0.4, 0.5) is 0 Å². The van der Waals surface area contributed by atoms with Crippen LogP contribution in [0, 0.1) is 0 Å². The van der Waals surface area contributed by atoms with E-state index in [1.54, 1.807) is 26.4 Å². The molecule has 1 heterocycles. The molecule has 0 saturated carbocycles. The normalized spacial score (nSPS) is 11.8. The largest absolute Gasteiger partial charge is 0.495 e. The fourth-order valence-electron chi connectivity index (χ4n) is 2.64. The molecule has 0 fully saturated rings.